The van der Waals surface area contributed by atoms with Gasteiger partial charge in [0.15, 0.2) is 0 Å². The molecule has 21 heavy (non-hydrogen) atoms. The molecule has 0 aliphatic carbocycles. The van der Waals surface area contributed by atoms with E-state index in [2.05, 4.69) is 0 Å². The molecule has 0 aliphatic rings. The summed E-state index contributed by atoms with van der Waals surface area (Å²) in [5.41, 5.74) is 5.66. The fourth-order valence-electron chi connectivity index (χ4n) is 1.75. The van der Waals surface area contributed by atoms with Crippen molar-refractivity contribution in [3.05, 3.63) is 51.2 Å². The Labute approximate surface area is 124 Å². The van der Waals surface area contributed by atoms with Crippen LogP contribution in [0.3, 0.4) is 0 Å². The van der Waals surface area contributed by atoms with Gasteiger partial charge in [-0.2, -0.15) is 0 Å². The van der Waals surface area contributed by atoms with Gasteiger partial charge in [-0.3, -0.25) is 14.9 Å². The molecule has 0 aliphatic heterocycles. The van der Waals surface area contributed by atoms with Gasteiger partial charge < -0.3 is 15.3 Å². The minimum absolute atomic E-state index is 0.0158. The van der Waals surface area contributed by atoms with E-state index < -0.39 is 16.9 Å². The van der Waals surface area contributed by atoms with Crippen molar-refractivity contribution in [3.8, 4) is 11.3 Å². The van der Waals surface area contributed by atoms with Gasteiger partial charge in [-0.1, -0.05) is 11.6 Å². The first-order valence-electron chi connectivity index (χ1n) is 5.90. The summed E-state index contributed by atoms with van der Waals surface area (Å²) in [7, 11) is 0. The van der Waals surface area contributed by atoms with Gasteiger partial charge in [0.05, 0.1) is 9.95 Å². The zero-order valence-electron chi connectivity index (χ0n) is 10.7. The van der Waals surface area contributed by atoms with Crippen molar-refractivity contribution < 1.29 is 19.2 Å². The zero-order chi connectivity index (χ0) is 15.6. The highest BCUT2D eigenvalue weighted by Gasteiger charge is 2.17. The Balaban J connectivity index is 2.31. The van der Waals surface area contributed by atoms with Gasteiger partial charge in [-0.25, -0.2) is 0 Å². The summed E-state index contributed by atoms with van der Waals surface area (Å²) >= 11 is 6.00. The predicted octanol–water partition coefficient (Wildman–Crippen LogP) is 2.46. The molecule has 1 heterocycles. The first-order chi connectivity index (χ1) is 9.88. The Morgan fingerprint density at radius 3 is 2.76 bits per heavy atom. The summed E-state index contributed by atoms with van der Waals surface area (Å²) in [6, 6.07) is 6.03. The number of nitro benzene ring substituents is 1. The summed E-state index contributed by atoms with van der Waals surface area (Å²) in [6.07, 6.45) is 0.0158. The number of carboxylic acid groups (broad SMARTS) is 1. The monoisotopic (exact) mass is 310 g/mol. The van der Waals surface area contributed by atoms with E-state index in [0.717, 1.165) is 0 Å². The normalized spacial score (nSPS) is 12.1. The molecule has 1 aromatic carbocycles. The molecule has 110 valence electrons. The van der Waals surface area contributed by atoms with Crippen LogP contribution < -0.4 is 5.73 Å². The van der Waals surface area contributed by atoms with Crippen molar-refractivity contribution in [1.29, 1.82) is 0 Å². The van der Waals surface area contributed by atoms with Gasteiger partial charge in [0.1, 0.15) is 17.6 Å². The summed E-state index contributed by atoms with van der Waals surface area (Å²) in [5.74, 6) is -0.458. The van der Waals surface area contributed by atoms with Crippen molar-refractivity contribution in [2.24, 2.45) is 5.73 Å². The van der Waals surface area contributed by atoms with E-state index in [1.54, 1.807) is 12.1 Å². The van der Waals surface area contributed by atoms with Gasteiger partial charge in [0.2, 0.25) is 0 Å². The number of furan rings is 1. The second-order valence-electron chi connectivity index (χ2n) is 4.34. The van der Waals surface area contributed by atoms with E-state index in [1.807, 2.05) is 0 Å². The van der Waals surface area contributed by atoms with Crippen LogP contribution in [0.5, 0.6) is 0 Å². The second kappa shape index (κ2) is 5.94. The van der Waals surface area contributed by atoms with E-state index in [4.69, 9.17) is 26.9 Å². The summed E-state index contributed by atoms with van der Waals surface area (Å²) in [4.78, 5) is 20.9. The van der Waals surface area contributed by atoms with Gasteiger partial charge in [0, 0.05) is 24.1 Å². The van der Waals surface area contributed by atoms with Crippen LogP contribution in [0.15, 0.2) is 34.7 Å². The average molecular weight is 311 g/mol. The fraction of sp³-hybridized carbons (Fsp3) is 0.154. The van der Waals surface area contributed by atoms with Gasteiger partial charge in [-0.15, -0.1) is 0 Å². The number of rotatable bonds is 5. The van der Waals surface area contributed by atoms with Crippen molar-refractivity contribution in [2.75, 3.05) is 0 Å². The Morgan fingerprint density at radius 2 is 2.14 bits per heavy atom. The lowest BCUT2D eigenvalue weighted by Gasteiger charge is -2.03. The molecule has 2 rings (SSSR count). The molecule has 3 N–H and O–H groups in total. The number of nitrogens with zero attached hydrogens (tertiary/aromatic N) is 1. The third kappa shape index (κ3) is 3.39. The molecule has 1 atom stereocenters. The van der Waals surface area contributed by atoms with E-state index >= 15 is 0 Å². The average Bonchev–Trinajstić information content (AvgIpc) is 2.87. The molecular formula is C13H11ClN2O5. The van der Waals surface area contributed by atoms with E-state index in [1.165, 1.54) is 18.2 Å². The number of carboxylic acids is 1. The number of halogens is 1. The summed E-state index contributed by atoms with van der Waals surface area (Å²) in [6.45, 7) is 0. The molecule has 0 spiro atoms. The van der Waals surface area contributed by atoms with Crippen molar-refractivity contribution in [2.45, 2.75) is 12.5 Å². The molecule has 0 fully saturated rings. The van der Waals surface area contributed by atoms with Crippen LogP contribution in [-0.2, 0) is 11.2 Å². The smallest absolute Gasteiger partial charge is 0.320 e. The van der Waals surface area contributed by atoms with Crippen molar-refractivity contribution >= 4 is 23.3 Å². The van der Waals surface area contributed by atoms with Crippen LogP contribution in [0, 0.1) is 10.1 Å². The predicted molar refractivity (Wildman–Crippen MR) is 75.1 cm³/mol. The standard InChI is InChI=1S/C13H11ClN2O5/c14-10-3-1-7(16(19)20)5-9(10)12-4-2-8(21-12)6-11(15)13(17)18/h1-5,11H,6,15H2,(H,17,18). The number of nitrogens with two attached hydrogens (primary N) is 1. The number of hydrogen-bond acceptors (Lipinski definition) is 5. The molecule has 0 amide bonds. The quantitative estimate of drug-likeness (QED) is 0.646. The number of hydrogen-bond donors (Lipinski definition) is 2. The lowest BCUT2D eigenvalue weighted by atomic mass is 10.1. The number of non-ortho nitro benzene ring substituents is 1. The molecule has 2 aromatic rings. The van der Waals surface area contributed by atoms with Crippen LogP contribution in [0.25, 0.3) is 11.3 Å². The van der Waals surface area contributed by atoms with Crippen LogP contribution in [0.1, 0.15) is 5.76 Å². The first kappa shape index (κ1) is 15.0. The maximum absolute atomic E-state index is 10.8. The molecule has 0 saturated heterocycles. The Kier molecular flexibility index (Phi) is 4.25. The highest BCUT2D eigenvalue weighted by Crippen LogP contribution is 2.32. The van der Waals surface area contributed by atoms with Gasteiger partial charge >= 0.3 is 5.97 Å². The van der Waals surface area contributed by atoms with Crippen LogP contribution in [0.4, 0.5) is 5.69 Å². The molecule has 0 radical (unpaired) electrons. The highest BCUT2D eigenvalue weighted by atomic mass is 35.5. The van der Waals surface area contributed by atoms with Crippen molar-refractivity contribution in [1.82, 2.24) is 0 Å². The number of carbonyl (C=O) groups is 1. The van der Waals surface area contributed by atoms with Crippen LogP contribution >= 0.6 is 11.6 Å². The summed E-state index contributed by atoms with van der Waals surface area (Å²) in [5, 5.41) is 19.8. The Hall–Kier alpha value is -2.38. The Morgan fingerprint density at radius 1 is 1.43 bits per heavy atom. The second-order valence-corrected chi connectivity index (χ2v) is 4.74. The molecule has 1 unspecified atom stereocenters. The Bertz CT molecular complexity index is 698. The molecular weight excluding hydrogens is 300 g/mol. The zero-order valence-corrected chi connectivity index (χ0v) is 11.4. The lowest BCUT2D eigenvalue weighted by Crippen LogP contribution is -2.32. The lowest BCUT2D eigenvalue weighted by molar-refractivity contribution is -0.384. The largest absolute Gasteiger partial charge is 0.480 e. The van der Waals surface area contributed by atoms with Crippen molar-refractivity contribution in [3.63, 3.8) is 0 Å². The maximum atomic E-state index is 10.8. The summed E-state index contributed by atoms with van der Waals surface area (Å²) < 4.78 is 5.46. The third-order valence-electron chi connectivity index (χ3n) is 2.83. The molecule has 1 aromatic heterocycles. The topological polar surface area (TPSA) is 120 Å². The molecule has 0 saturated carbocycles. The van der Waals surface area contributed by atoms with Crippen LogP contribution in [0.2, 0.25) is 5.02 Å². The van der Waals surface area contributed by atoms with Gasteiger partial charge in [-0.05, 0) is 18.2 Å². The fourth-order valence-corrected chi connectivity index (χ4v) is 1.96. The number of nitro groups is 1. The highest BCUT2D eigenvalue weighted by molar-refractivity contribution is 6.33. The minimum Gasteiger partial charge on any atom is -0.480 e. The molecule has 8 heteroatoms. The number of aliphatic carboxylic acids is 1. The van der Waals surface area contributed by atoms with Crippen LogP contribution in [-0.4, -0.2) is 22.0 Å². The minimum atomic E-state index is -1.14. The van der Waals surface area contributed by atoms with Gasteiger partial charge in [0.25, 0.3) is 5.69 Å². The van der Waals surface area contributed by atoms with E-state index in [9.17, 15) is 14.9 Å². The number of benzene rings is 1. The van der Waals surface area contributed by atoms with E-state index in [0.29, 0.717) is 22.1 Å². The SMILES string of the molecule is NC(Cc1ccc(-c2cc([N+](=O)[O-])ccc2Cl)o1)C(=O)O. The molecule has 0 bridgehead atoms. The third-order valence-corrected chi connectivity index (χ3v) is 3.16. The first-order valence-corrected chi connectivity index (χ1v) is 6.27. The maximum Gasteiger partial charge on any atom is 0.320 e. The van der Waals surface area contributed by atoms with E-state index in [-0.39, 0.29) is 12.1 Å². The molecule has 7 nitrogen and oxygen atoms in total.